The maximum atomic E-state index is 12.7. The number of amides is 3. The Labute approximate surface area is 154 Å². The van der Waals surface area contributed by atoms with Gasteiger partial charge >= 0.3 is 0 Å². The number of aromatic nitrogens is 2. The highest BCUT2D eigenvalue weighted by molar-refractivity contribution is 7.08. The monoisotopic (exact) mass is 373 g/mol. The summed E-state index contributed by atoms with van der Waals surface area (Å²) in [5.41, 5.74) is 1.12. The fourth-order valence-corrected chi connectivity index (χ4v) is 3.66. The number of carbonyl (C=O) groups excluding carboxylic acids is 3. The number of thiophene rings is 1. The standard InChI is InChI=1S/C17H19N5O3S/c1-18-16(24)14-7-12(21-15(23)6-11-2-5-26-10-11)9-22(14)17(25)13-8-19-3-4-20-13/h2-5,8,10,12,14H,6-7,9H2,1H3,(H,18,24)(H,21,23)/t12-,14+/m1/s1. The molecule has 3 rings (SSSR count). The van der Waals surface area contributed by atoms with E-state index >= 15 is 0 Å². The fraction of sp³-hybridized carbons (Fsp3) is 0.353. The molecule has 3 heterocycles. The minimum absolute atomic E-state index is 0.127. The smallest absolute Gasteiger partial charge is 0.274 e. The molecular weight excluding hydrogens is 354 g/mol. The zero-order chi connectivity index (χ0) is 18.5. The second kappa shape index (κ2) is 8.05. The van der Waals surface area contributed by atoms with Crippen molar-refractivity contribution < 1.29 is 14.4 Å². The molecule has 1 fully saturated rings. The molecule has 9 heteroatoms. The van der Waals surface area contributed by atoms with Crippen molar-refractivity contribution in [3.8, 4) is 0 Å². The van der Waals surface area contributed by atoms with E-state index in [0.717, 1.165) is 5.56 Å². The van der Waals surface area contributed by atoms with E-state index in [4.69, 9.17) is 0 Å². The van der Waals surface area contributed by atoms with E-state index in [9.17, 15) is 14.4 Å². The van der Waals surface area contributed by atoms with Crippen LogP contribution in [-0.2, 0) is 16.0 Å². The van der Waals surface area contributed by atoms with Gasteiger partial charge in [-0.05, 0) is 28.8 Å². The van der Waals surface area contributed by atoms with Crippen molar-refractivity contribution in [3.63, 3.8) is 0 Å². The van der Waals surface area contributed by atoms with Crippen LogP contribution in [-0.4, -0.2) is 58.3 Å². The van der Waals surface area contributed by atoms with Crippen LogP contribution in [0, 0.1) is 0 Å². The first-order valence-electron chi connectivity index (χ1n) is 8.17. The summed E-state index contributed by atoms with van der Waals surface area (Å²) in [7, 11) is 1.52. The van der Waals surface area contributed by atoms with Gasteiger partial charge in [-0.1, -0.05) is 0 Å². The third-order valence-corrected chi connectivity index (χ3v) is 4.94. The lowest BCUT2D eigenvalue weighted by molar-refractivity contribution is -0.124. The molecule has 1 aliphatic rings. The van der Waals surface area contributed by atoms with Crippen LogP contribution in [0.25, 0.3) is 0 Å². The van der Waals surface area contributed by atoms with Crippen LogP contribution in [0.5, 0.6) is 0 Å². The molecule has 0 aliphatic carbocycles. The Bertz CT molecular complexity index is 781. The quantitative estimate of drug-likeness (QED) is 0.781. The van der Waals surface area contributed by atoms with Crippen molar-refractivity contribution in [2.24, 2.45) is 0 Å². The van der Waals surface area contributed by atoms with Crippen LogP contribution >= 0.6 is 11.3 Å². The maximum absolute atomic E-state index is 12.7. The molecule has 0 aromatic carbocycles. The summed E-state index contributed by atoms with van der Waals surface area (Å²) < 4.78 is 0. The van der Waals surface area contributed by atoms with E-state index in [1.54, 1.807) is 0 Å². The van der Waals surface area contributed by atoms with E-state index in [2.05, 4.69) is 20.6 Å². The second-order valence-corrected chi connectivity index (χ2v) is 6.77. The molecule has 2 atom stereocenters. The third kappa shape index (κ3) is 4.05. The van der Waals surface area contributed by atoms with Gasteiger partial charge in [0.15, 0.2) is 0 Å². The van der Waals surface area contributed by atoms with Gasteiger partial charge in [-0.2, -0.15) is 11.3 Å². The summed E-state index contributed by atoms with van der Waals surface area (Å²) >= 11 is 1.53. The number of carbonyl (C=O) groups is 3. The molecule has 0 spiro atoms. The average molecular weight is 373 g/mol. The van der Waals surface area contributed by atoms with Crippen LogP contribution in [0.3, 0.4) is 0 Å². The summed E-state index contributed by atoms with van der Waals surface area (Å²) in [5.74, 6) is -0.768. The van der Waals surface area contributed by atoms with Crippen LogP contribution in [0.2, 0.25) is 0 Å². The minimum atomic E-state index is -0.652. The van der Waals surface area contributed by atoms with Gasteiger partial charge in [-0.3, -0.25) is 19.4 Å². The Balaban J connectivity index is 1.69. The molecule has 2 aromatic rings. The molecule has 0 radical (unpaired) electrons. The lowest BCUT2D eigenvalue weighted by atomic mass is 10.1. The van der Waals surface area contributed by atoms with Gasteiger partial charge in [-0.15, -0.1) is 0 Å². The van der Waals surface area contributed by atoms with Gasteiger partial charge in [0.2, 0.25) is 11.8 Å². The number of nitrogens with zero attached hydrogens (tertiary/aromatic N) is 3. The van der Waals surface area contributed by atoms with Gasteiger partial charge in [-0.25, -0.2) is 4.98 Å². The average Bonchev–Trinajstić information content (AvgIpc) is 3.31. The lowest BCUT2D eigenvalue weighted by Gasteiger charge is -2.22. The number of hydrogen-bond donors (Lipinski definition) is 2. The minimum Gasteiger partial charge on any atom is -0.357 e. The largest absolute Gasteiger partial charge is 0.357 e. The van der Waals surface area contributed by atoms with Crippen LogP contribution < -0.4 is 10.6 Å². The summed E-state index contributed by atoms with van der Waals surface area (Å²) in [6, 6.07) is 0.959. The van der Waals surface area contributed by atoms with Crippen molar-refractivity contribution in [2.45, 2.75) is 24.9 Å². The molecule has 2 N–H and O–H groups in total. The molecule has 8 nitrogen and oxygen atoms in total. The number of likely N-dealkylation sites (tertiary alicyclic amines) is 1. The van der Waals surface area contributed by atoms with Crippen molar-refractivity contribution in [2.75, 3.05) is 13.6 Å². The summed E-state index contributed by atoms with van der Waals surface area (Å²) in [6.07, 6.45) is 4.91. The predicted octanol–water partition coefficient (Wildman–Crippen LogP) is 0.226. The number of rotatable bonds is 5. The molecule has 136 valence electrons. The van der Waals surface area contributed by atoms with E-state index in [1.807, 2.05) is 16.8 Å². The summed E-state index contributed by atoms with van der Waals surface area (Å²) in [6.45, 7) is 0.253. The van der Waals surface area contributed by atoms with Gasteiger partial charge in [0, 0.05) is 32.0 Å². The van der Waals surface area contributed by atoms with E-state index in [1.165, 1.54) is 41.9 Å². The first kappa shape index (κ1) is 18.0. The Kier molecular flexibility index (Phi) is 5.57. The highest BCUT2D eigenvalue weighted by Crippen LogP contribution is 2.20. The van der Waals surface area contributed by atoms with E-state index in [0.29, 0.717) is 6.42 Å². The Hall–Kier alpha value is -2.81. The van der Waals surface area contributed by atoms with Gasteiger partial charge in [0.25, 0.3) is 5.91 Å². The van der Waals surface area contributed by atoms with Gasteiger partial charge in [0.1, 0.15) is 11.7 Å². The Morgan fingerprint density at radius 3 is 2.85 bits per heavy atom. The second-order valence-electron chi connectivity index (χ2n) is 5.99. The molecular formula is C17H19N5O3S. The van der Waals surface area contributed by atoms with Gasteiger partial charge in [0.05, 0.1) is 12.6 Å². The van der Waals surface area contributed by atoms with Crippen molar-refractivity contribution in [1.82, 2.24) is 25.5 Å². The normalized spacial score (nSPS) is 19.2. The maximum Gasteiger partial charge on any atom is 0.274 e. The molecule has 1 saturated heterocycles. The van der Waals surface area contributed by atoms with Crippen LogP contribution in [0.1, 0.15) is 22.5 Å². The zero-order valence-corrected chi connectivity index (χ0v) is 15.0. The SMILES string of the molecule is CNC(=O)[C@@H]1C[C@@H](NC(=O)Cc2ccsc2)CN1C(=O)c1cnccn1. The molecule has 26 heavy (non-hydrogen) atoms. The van der Waals surface area contributed by atoms with Crippen LogP contribution in [0.15, 0.2) is 35.4 Å². The first-order chi connectivity index (χ1) is 12.6. The zero-order valence-electron chi connectivity index (χ0n) is 14.2. The third-order valence-electron chi connectivity index (χ3n) is 4.20. The topological polar surface area (TPSA) is 104 Å². The number of hydrogen-bond acceptors (Lipinski definition) is 6. The van der Waals surface area contributed by atoms with E-state index in [-0.39, 0.29) is 42.4 Å². The van der Waals surface area contributed by atoms with E-state index < -0.39 is 6.04 Å². The molecule has 0 bridgehead atoms. The van der Waals surface area contributed by atoms with Crippen LogP contribution in [0.4, 0.5) is 0 Å². The number of likely N-dealkylation sites (N-methyl/N-ethyl adjacent to an activating group) is 1. The first-order valence-corrected chi connectivity index (χ1v) is 9.11. The molecule has 3 amide bonds. The Morgan fingerprint density at radius 1 is 1.35 bits per heavy atom. The lowest BCUT2D eigenvalue weighted by Crippen LogP contribution is -2.45. The van der Waals surface area contributed by atoms with Crippen molar-refractivity contribution in [1.29, 1.82) is 0 Å². The Morgan fingerprint density at radius 2 is 2.19 bits per heavy atom. The number of nitrogens with one attached hydrogen (secondary N) is 2. The molecule has 0 saturated carbocycles. The predicted molar refractivity (Wildman–Crippen MR) is 95.5 cm³/mol. The fourth-order valence-electron chi connectivity index (χ4n) is 2.99. The van der Waals surface area contributed by atoms with Crippen molar-refractivity contribution in [3.05, 3.63) is 46.7 Å². The molecule has 2 aromatic heterocycles. The summed E-state index contributed by atoms with van der Waals surface area (Å²) in [5, 5.41) is 9.33. The molecule has 0 unspecified atom stereocenters. The highest BCUT2D eigenvalue weighted by Gasteiger charge is 2.40. The highest BCUT2D eigenvalue weighted by atomic mass is 32.1. The van der Waals surface area contributed by atoms with Gasteiger partial charge < -0.3 is 15.5 Å². The summed E-state index contributed by atoms with van der Waals surface area (Å²) in [4.78, 5) is 46.5. The molecule has 1 aliphatic heterocycles. The van der Waals surface area contributed by atoms with Crippen molar-refractivity contribution >= 4 is 29.1 Å².